The molecule has 0 aromatic heterocycles. The van der Waals surface area contributed by atoms with Crippen molar-refractivity contribution in [3.05, 3.63) is 29.3 Å². The van der Waals surface area contributed by atoms with Crippen LogP contribution in [-0.2, 0) is 10.0 Å². The second-order valence-corrected chi connectivity index (χ2v) is 9.66. The molecule has 0 heterocycles. The molecule has 10 heteroatoms. The van der Waals surface area contributed by atoms with E-state index in [1.54, 1.807) is 23.9 Å². The van der Waals surface area contributed by atoms with Crippen LogP contribution < -0.4 is 15.4 Å². The third kappa shape index (κ3) is 9.63. The van der Waals surface area contributed by atoms with E-state index in [1.807, 2.05) is 6.92 Å². The van der Waals surface area contributed by atoms with E-state index in [1.165, 1.54) is 12.1 Å². The number of nitrogens with zero attached hydrogens (tertiary/aromatic N) is 1. The van der Waals surface area contributed by atoms with Crippen LogP contribution in [0.15, 0.2) is 34.2 Å². The predicted octanol–water partition coefficient (Wildman–Crippen LogP) is 2.93. The summed E-state index contributed by atoms with van der Waals surface area (Å²) in [6.07, 6.45) is 2.06. The second-order valence-electron chi connectivity index (χ2n) is 5.94. The lowest BCUT2D eigenvalue weighted by atomic mass is 10.2. The minimum atomic E-state index is -3.57. The second kappa shape index (κ2) is 12.3. The van der Waals surface area contributed by atoms with Gasteiger partial charge in [0.1, 0.15) is 0 Å². The molecule has 0 radical (unpaired) electrons. The van der Waals surface area contributed by atoms with Crippen LogP contribution in [0.2, 0.25) is 5.02 Å². The largest absolute Gasteiger partial charge is 0.357 e. The molecule has 0 aliphatic carbocycles. The summed E-state index contributed by atoms with van der Waals surface area (Å²) in [7, 11) is -3.57. The molecule has 0 aliphatic rings. The van der Waals surface area contributed by atoms with Crippen LogP contribution in [0.25, 0.3) is 0 Å². The smallest absolute Gasteiger partial charge is 0.240 e. The van der Waals surface area contributed by atoms with Gasteiger partial charge in [0.25, 0.3) is 0 Å². The lowest BCUT2D eigenvalue weighted by Crippen LogP contribution is -2.42. The topological polar surface area (TPSA) is 82.6 Å². The Bertz CT molecular complexity index is 685. The summed E-state index contributed by atoms with van der Waals surface area (Å²) in [5, 5.41) is 6.67. The molecule has 26 heavy (non-hydrogen) atoms. The van der Waals surface area contributed by atoms with Gasteiger partial charge in [0.05, 0.1) is 11.4 Å². The van der Waals surface area contributed by atoms with E-state index in [9.17, 15) is 8.42 Å². The summed E-state index contributed by atoms with van der Waals surface area (Å²) in [6, 6.07) is 6.18. The molecule has 0 aliphatic heterocycles. The molecular weight excluding hydrogens is 507 g/mol. The maximum atomic E-state index is 12.2. The van der Waals surface area contributed by atoms with E-state index in [-0.39, 0.29) is 40.2 Å². The van der Waals surface area contributed by atoms with Gasteiger partial charge in [0, 0.05) is 29.4 Å². The first-order valence-electron chi connectivity index (χ1n) is 8.03. The minimum absolute atomic E-state index is 0. The van der Waals surface area contributed by atoms with Crippen molar-refractivity contribution in [1.29, 1.82) is 0 Å². The first-order chi connectivity index (χ1) is 11.7. The number of nitrogens with one attached hydrogen (secondary N) is 3. The third-order valence-electron chi connectivity index (χ3n) is 3.33. The van der Waals surface area contributed by atoms with E-state index in [4.69, 9.17) is 11.6 Å². The summed E-state index contributed by atoms with van der Waals surface area (Å²) in [5.41, 5.74) is 0. The van der Waals surface area contributed by atoms with E-state index in [2.05, 4.69) is 40.5 Å². The zero-order valence-electron chi connectivity index (χ0n) is 15.5. The molecule has 3 N–H and O–H groups in total. The Kier molecular flexibility index (Phi) is 12.2. The standard InChI is InChI=1S/C16H27ClN4O2S2.HI/c1-5-18-15(20-12-16(2,3)24-4)19-9-10-21-25(22,23)14-8-6-7-13(17)11-14;/h6-8,11,21H,5,9-10,12H2,1-4H3,(H2,18,19,20);1H. The Morgan fingerprint density at radius 1 is 1.27 bits per heavy atom. The normalized spacial score (nSPS) is 12.4. The fraction of sp³-hybridized carbons (Fsp3) is 0.562. The van der Waals surface area contributed by atoms with Crippen molar-refractivity contribution in [2.45, 2.75) is 30.4 Å². The monoisotopic (exact) mass is 534 g/mol. The molecule has 0 fully saturated rings. The van der Waals surface area contributed by atoms with Crippen LogP contribution >= 0.6 is 47.3 Å². The van der Waals surface area contributed by atoms with Gasteiger partial charge in [-0.3, -0.25) is 4.99 Å². The molecule has 0 bridgehead atoms. The molecule has 0 spiro atoms. The van der Waals surface area contributed by atoms with Crippen molar-refractivity contribution in [3.8, 4) is 0 Å². The Hall–Kier alpha value is -0.230. The van der Waals surface area contributed by atoms with Crippen LogP contribution in [0.4, 0.5) is 0 Å². The number of sulfonamides is 1. The molecule has 1 aromatic rings. The summed E-state index contributed by atoms with van der Waals surface area (Å²) < 4.78 is 27.0. The SMILES string of the molecule is CCNC(=NCC(C)(C)SC)NCCNS(=O)(=O)c1cccc(Cl)c1.I. The Labute approximate surface area is 183 Å². The van der Waals surface area contributed by atoms with Gasteiger partial charge in [-0.1, -0.05) is 17.7 Å². The van der Waals surface area contributed by atoms with Crippen molar-refractivity contribution >= 4 is 63.3 Å². The molecule has 1 rings (SSSR count). The lowest BCUT2D eigenvalue weighted by Gasteiger charge is -2.20. The molecule has 0 amide bonds. The predicted molar refractivity (Wildman–Crippen MR) is 124 cm³/mol. The fourth-order valence-electron chi connectivity index (χ4n) is 1.76. The lowest BCUT2D eigenvalue weighted by molar-refractivity contribution is 0.580. The third-order valence-corrected chi connectivity index (χ3v) is 6.26. The Morgan fingerprint density at radius 2 is 1.96 bits per heavy atom. The Morgan fingerprint density at radius 3 is 2.54 bits per heavy atom. The van der Waals surface area contributed by atoms with E-state index in [0.29, 0.717) is 24.1 Å². The highest BCUT2D eigenvalue weighted by Gasteiger charge is 2.16. The highest BCUT2D eigenvalue weighted by atomic mass is 127. The summed E-state index contributed by atoms with van der Waals surface area (Å²) in [5.74, 6) is 0.673. The van der Waals surface area contributed by atoms with Gasteiger partial charge in [-0.05, 0) is 45.2 Å². The maximum absolute atomic E-state index is 12.2. The number of halogens is 2. The van der Waals surface area contributed by atoms with Crippen molar-refractivity contribution in [2.24, 2.45) is 4.99 Å². The van der Waals surface area contributed by atoms with Crippen LogP contribution in [-0.4, -0.2) is 51.6 Å². The van der Waals surface area contributed by atoms with Crippen LogP contribution in [0, 0.1) is 0 Å². The van der Waals surface area contributed by atoms with E-state index < -0.39 is 10.0 Å². The molecule has 150 valence electrons. The number of rotatable bonds is 9. The number of hydrogen-bond acceptors (Lipinski definition) is 4. The van der Waals surface area contributed by atoms with Gasteiger partial charge in [0.15, 0.2) is 5.96 Å². The van der Waals surface area contributed by atoms with Gasteiger partial charge < -0.3 is 10.6 Å². The average molecular weight is 535 g/mol. The number of guanidine groups is 1. The molecule has 0 saturated heterocycles. The summed E-state index contributed by atoms with van der Waals surface area (Å²) >= 11 is 7.59. The first-order valence-corrected chi connectivity index (χ1v) is 11.1. The van der Waals surface area contributed by atoms with Crippen molar-refractivity contribution in [1.82, 2.24) is 15.4 Å². The van der Waals surface area contributed by atoms with E-state index in [0.717, 1.165) is 6.54 Å². The number of hydrogen-bond donors (Lipinski definition) is 3. The number of thioether (sulfide) groups is 1. The molecule has 0 saturated carbocycles. The molecule has 0 unspecified atom stereocenters. The molecule has 1 aromatic carbocycles. The van der Waals surface area contributed by atoms with Crippen LogP contribution in [0.3, 0.4) is 0 Å². The van der Waals surface area contributed by atoms with Gasteiger partial charge >= 0.3 is 0 Å². The average Bonchev–Trinajstić information content (AvgIpc) is 2.56. The number of aliphatic imine (C=N–C) groups is 1. The van der Waals surface area contributed by atoms with Gasteiger partial charge in [-0.25, -0.2) is 13.1 Å². The van der Waals surface area contributed by atoms with Crippen molar-refractivity contribution in [3.63, 3.8) is 0 Å². The van der Waals surface area contributed by atoms with Gasteiger partial charge in [-0.2, -0.15) is 11.8 Å². The fourth-order valence-corrected chi connectivity index (χ4v) is 3.29. The first kappa shape index (κ1) is 25.8. The summed E-state index contributed by atoms with van der Waals surface area (Å²) in [4.78, 5) is 4.69. The maximum Gasteiger partial charge on any atom is 0.240 e. The van der Waals surface area contributed by atoms with Crippen molar-refractivity contribution < 1.29 is 8.42 Å². The Balaban J connectivity index is 0.00000625. The zero-order chi connectivity index (χ0) is 18.9. The highest BCUT2D eigenvalue weighted by Crippen LogP contribution is 2.20. The summed E-state index contributed by atoms with van der Waals surface area (Å²) in [6.45, 7) is 8.31. The van der Waals surface area contributed by atoms with Crippen LogP contribution in [0.1, 0.15) is 20.8 Å². The van der Waals surface area contributed by atoms with Crippen molar-refractivity contribution in [2.75, 3.05) is 32.4 Å². The quantitative estimate of drug-likeness (QED) is 0.196. The highest BCUT2D eigenvalue weighted by molar-refractivity contribution is 14.0. The number of benzene rings is 1. The zero-order valence-corrected chi connectivity index (χ0v) is 20.2. The van der Waals surface area contributed by atoms with E-state index >= 15 is 0 Å². The molecule has 0 atom stereocenters. The van der Waals surface area contributed by atoms with Gasteiger partial charge in [-0.15, -0.1) is 24.0 Å². The molecular formula is C16H28ClIN4O2S2. The minimum Gasteiger partial charge on any atom is -0.357 e. The molecule has 6 nitrogen and oxygen atoms in total. The van der Waals surface area contributed by atoms with Gasteiger partial charge in [0.2, 0.25) is 10.0 Å². The van der Waals surface area contributed by atoms with Crippen LogP contribution in [0.5, 0.6) is 0 Å².